The molecule has 0 fully saturated rings. The number of aryl methyl sites for hydroxylation is 1. The normalized spacial score (nSPS) is 10.8. The van der Waals surface area contributed by atoms with Crippen molar-refractivity contribution in [2.75, 3.05) is 10.7 Å². The topological polar surface area (TPSA) is 117 Å². The van der Waals surface area contributed by atoms with Crippen LogP contribution in [0.25, 0.3) is 11.0 Å². The van der Waals surface area contributed by atoms with Crippen LogP contribution in [-0.2, 0) is 13.0 Å². The van der Waals surface area contributed by atoms with Gasteiger partial charge in [0.25, 0.3) is 0 Å². The Balaban J connectivity index is 1.89. The van der Waals surface area contributed by atoms with Crippen molar-refractivity contribution in [1.82, 2.24) is 25.1 Å². The number of hydrogen-bond acceptors (Lipinski definition) is 7. The van der Waals surface area contributed by atoms with Crippen LogP contribution in [0.1, 0.15) is 18.2 Å². The zero-order valence-corrected chi connectivity index (χ0v) is 11.6. The molecule has 0 aromatic carbocycles. The summed E-state index contributed by atoms with van der Waals surface area (Å²) in [4.78, 5) is 12.9. The minimum absolute atomic E-state index is 0.325. The van der Waals surface area contributed by atoms with Crippen molar-refractivity contribution in [1.29, 1.82) is 0 Å². The van der Waals surface area contributed by atoms with Crippen LogP contribution in [0, 0.1) is 0 Å². The molecule has 3 rings (SSSR count). The SMILES string of the molecule is CCc1cccnc1CNc1nc(NN)nc2[nH]ncc12. The Labute approximate surface area is 121 Å². The van der Waals surface area contributed by atoms with Gasteiger partial charge in [-0.1, -0.05) is 13.0 Å². The third-order valence-corrected chi connectivity index (χ3v) is 3.23. The van der Waals surface area contributed by atoms with E-state index >= 15 is 0 Å². The van der Waals surface area contributed by atoms with Crippen molar-refractivity contribution < 1.29 is 0 Å². The first kappa shape index (κ1) is 13.3. The number of rotatable bonds is 5. The van der Waals surface area contributed by atoms with E-state index in [0.29, 0.717) is 24.0 Å². The minimum atomic E-state index is 0.325. The Bertz CT molecular complexity index is 751. The molecule has 0 aliphatic carbocycles. The number of pyridine rings is 1. The van der Waals surface area contributed by atoms with Crippen molar-refractivity contribution in [3.05, 3.63) is 35.8 Å². The maximum absolute atomic E-state index is 5.38. The van der Waals surface area contributed by atoms with E-state index in [1.54, 1.807) is 12.4 Å². The molecule has 0 aliphatic rings. The van der Waals surface area contributed by atoms with Crippen LogP contribution < -0.4 is 16.6 Å². The fraction of sp³-hybridized carbons (Fsp3) is 0.231. The molecule has 0 radical (unpaired) electrons. The number of nitrogens with one attached hydrogen (secondary N) is 3. The average molecular weight is 284 g/mol. The summed E-state index contributed by atoms with van der Waals surface area (Å²) in [5.41, 5.74) is 5.27. The highest BCUT2D eigenvalue weighted by molar-refractivity contribution is 5.86. The third-order valence-electron chi connectivity index (χ3n) is 3.23. The molecular weight excluding hydrogens is 268 g/mol. The number of anilines is 2. The van der Waals surface area contributed by atoms with E-state index in [0.717, 1.165) is 17.5 Å². The molecule has 0 amide bonds. The molecule has 0 bridgehead atoms. The van der Waals surface area contributed by atoms with Gasteiger partial charge >= 0.3 is 0 Å². The largest absolute Gasteiger partial charge is 0.364 e. The van der Waals surface area contributed by atoms with Crippen molar-refractivity contribution in [3.63, 3.8) is 0 Å². The quantitative estimate of drug-likeness (QED) is 0.411. The smallest absolute Gasteiger partial charge is 0.241 e. The van der Waals surface area contributed by atoms with Gasteiger partial charge < -0.3 is 5.32 Å². The molecule has 3 aromatic heterocycles. The molecule has 21 heavy (non-hydrogen) atoms. The highest BCUT2D eigenvalue weighted by Crippen LogP contribution is 2.20. The van der Waals surface area contributed by atoms with Gasteiger partial charge in [0.15, 0.2) is 5.65 Å². The van der Waals surface area contributed by atoms with E-state index in [1.165, 1.54) is 5.56 Å². The molecule has 108 valence electrons. The second-order valence-corrected chi connectivity index (χ2v) is 4.49. The van der Waals surface area contributed by atoms with Crippen LogP contribution in [0.4, 0.5) is 11.8 Å². The van der Waals surface area contributed by atoms with E-state index in [9.17, 15) is 0 Å². The molecule has 5 N–H and O–H groups in total. The van der Waals surface area contributed by atoms with Crippen molar-refractivity contribution in [2.45, 2.75) is 19.9 Å². The van der Waals surface area contributed by atoms with Gasteiger partial charge in [-0.3, -0.25) is 15.5 Å². The summed E-state index contributed by atoms with van der Waals surface area (Å²) in [6.45, 7) is 2.68. The zero-order chi connectivity index (χ0) is 14.7. The molecule has 3 heterocycles. The second-order valence-electron chi connectivity index (χ2n) is 4.49. The third kappa shape index (κ3) is 2.61. The summed E-state index contributed by atoms with van der Waals surface area (Å²) >= 11 is 0. The molecule has 3 aromatic rings. The molecule has 0 spiro atoms. The molecule has 0 unspecified atom stereocenters. The molecule has 8 nitrogen and oxygen atoms in total. The van der Waals surface area contributed by atoms with E-state index in [1.807, 2.05) is 6.07 Å². The molecule has 0 aliphatic heterocycles. The Kier molecular flexibility index (Phi) is 3.61. The summed E-state index contributed by atoms with van der Waals surface area (Å²) in [6.07, 6.45) is 4.40. The lowest BCUT2D eigenvalue weighted by atomic mass is 10.1. The monoisotopic (exact) mass is 284 g/mol. The minimum Gasteiger partial charge on any atom is -0.364 e. The first-order valence-corrected chi connectivity index (χ1v) is 6.66. The number of nitrogens with two attached hydrogens (primary N) is 1. The Morgan fingerprint density at radius 1 is 1.33 bits per heavy atom. The van der Waals surface area contributed by atoms with Crippen LogP contribution in [0.3, 0.4) is 0 Å². The van der Waals surface area contributed by atoms with Gasteiger partial charge in [-0.2, -0.15) is 15.1 Å². The zero-order valence-electron chi connectivity index (χ0n) is 11.6. The predicted octanol–water partition coefficient (Wildman–Crippen LogP) is 1.21. The first-order valence-electron chi connectivity index (χ1n) is 6.66. The van der Waals surface area contributed by atoms with Crippen LogP contribution in [0.15, 0.2) is 24.5 Å². The number of aromatic amines is 1. The van der Waals surface area contributed by atoms with Gasteiger partial charge in [0, 0.05) is 6.20 Å². The summed E-state index contributed by atoms with van der Waals surface area (Å²) in [5.74, 6) is 6.37. The molecule has 0 saturated carbocycles. The van der Waals surface area contributed by atoms with Gasteiger partial charge in [-0.25, -0.2) is 5.84 Å². The Morgan fingerprint density at radius 3 is 3.05 bits per heavy atom. The number of nitrogen functional groups attached to an aromatic ring is 1. The van der Waals surface area contributed by atoms with Crippen LogP contribution in [-0.4, -0.2) is 25.1 Å². The second kappa shape index (κ2) is 5.71. The van der Waals surface area contributed by atoms with Gasteiger partial charge in [-0.05, 0) is 18.1 Å². The maximum atomic E-state index is 5.38. The number of hydrazine groups is 1. The number of aromatic nitrogens is 5. The first-order chi connectivity index (χ1) is 10.3. The molecule has 8 heteroatoms. The van der Waals surface area contributed by atoms with Crippen molar-refractivity contribution >= 4 is 22.8 Å². The summed E-state index contributed by atoms with van der Waals surface area (Å²) in [7, 11) is 0. The van der Waals surface area contributed by atoms with Gasteiger partial charge in [0.2, 0.25) is 5.95 Å². The summed E-state index contributed by atoms with van der Waals surface area (Å²) in [5, 5.41) is 10.9. The Hall–Kier alpha value is -2.74. The fourth-order valence-electron chi connectivity index (χ4n) is 2.15. The number of hydrogen-bond donors (Lipinski definition) is 4. The van der Waals surface area contributed by atoms with Crippen LogP contribution >= 0.6 is 0 Å². The van der Waals surface area contributed by atoms with E-state index in [2.05, 4.69) is 48.9 Å². The summed E-state index contributed by atoms with van der Waals surface area (Å²) < 4.78 is 0. The standard InChI is InChI=1S/C13H16N8/c1-2-8-4-3-5-15-10(8)7-16-11-9-6-17-21-12(9)19-13(18-11)20-14/h3-6H,2,7,14H2,1H3,(H3,16,17,18,19,20,21). The fourth-order valence-corrected chi connectivity index (χ4v) is 2.15. The Morgan fingerprint density at radius 2 is 2.24 bits per heavy atom. The van der Waals surface area contributed by atoms with Gasteiger partial charge in [0.05, 0.1) is 23.8 Å². The van der Waals surface area contributed by atoms with Crippen molar-refractivity contribution in [2.24, 2.45) is 5.84 Å². The highest BCUT2D eigenvalue weighted by atomic mass is 15.3. The van der Waals surface area contributed by atoms with Crippen LogP contribution in [0.5, 0.6) is 0 Å². The number of fused-ring (bicyclic) bond motifs is 1. The van der Waals surface area contributed by atoms with Crippen molar-refractivity contribution in [3.8, 4) is 0 Å². The molecular formula is C13H16N8. The maximum Gasteiger partial charge on any atom is 0.241 e. The number of H-pyrrole nitrogens is 1. The predicted molar refractivity (Wildman–Crippen MR) is 80.4 cm³/mol. The molecule has 0 saturated heterocycles. The highest BCUT2D eigenvalue weighted by Gasteiger charge is 2.09. The molecule has 0 atom stereocenters. The van der Waals surface area contributed by atoms with Crippen LogP contribution in [0.2, 0.25) is 0 Å². The lowest BCUT2D eigenvalue weighted by Gasteiger charge is -2.10. The van der Waals surface area contributed by atoms with Gasteiger partial charge in [-0.15, -0.1) is 0 Å². The van der Waals surface area contributed by atoms with Gasteiger partial charge in [0.1, 0.15) is 5.82 Å². The summed E-state index contributed by atoms with van der Waals surface area (Å²) in [6, 6.07) is 4.02. The lowest BCUT2D eigenvalue weighted by molar-refractivity contribution is 0.964. The van der Waals surface area contributed by atoms with E-state index < -0.39 is 0 Å². The average Bonchev–Trinajstić information content (AvgIpc) is 3.01. The van der Waals surface area contributed by atoms with E-state index in [4.69, 9.17) is 5.84 Å². The number of nitrogens with zero attached hydrogens (tertiary/aromatic N) is 4. The van der Waals surface area contributed by atoms with E-state index in [-0.39, 0.29) is 0 Å². The lowest BCUT2D eigenvalue weighted by Crippen LogP contribution is -2.13.